The number of rotatable bonds is 10. The zero-order valence-corrected chi connectivity index (χ0v) is 25.9. The summed E-state index contributed by atoms with van der Waals surface area (Å²) in [5, 5.41) is -0.355. The van der Waals surface area contributed by atoms with Crippen LogP contribution in [0.25, 0.3) is 0 Å². The van der Waals surface area contributed by atoms with E-state index in [2.05, 4.69) is 4.90 Å². The predicted octanol–water partition coefficient (Wildman–Crippen LogP) is 3.64. The average molecular weight is 618 g/mol. The Labute approximate surface area is 244 Å². The summed E-state index contributed by atoms with van der Waals surface area (Å²) in [7, 11) is -6.44. The lowest BCUT2D eigenvalue weighted by Gasteiger charge is -2.37. The van der Waals surface area contributed by atoms with Crippen LogP contribution >= 0.6 is 0 Å². The van der Waals surface area contributed by atoms with E-state index in [1.165, 1.54) is 29.6 Å². The standard InChI is InChI=1S/C29H45F2N3O5S2/c1-22(35)33-14-7-28(8-15-33)41(38,39)18-10-23-3-11-32(12-4-23)13-9-29(25-19-26(30)21-27(31)20-25)24-5-16-34(17-6-24)40(2,36)37/h19-21,23-24,28-29H,3-18H2,1-2H3/t29-/m1/s1. The van der Waals surface area contributed by atoms with Gasteiger partial charge < -0.3 is 9.80 Å². The number of sulfone groups is 1. The van der Waals surface area contributed by atoms with Crippen LogP contribution in [-0.4, -0.2) is 99.9 Å². The molecule has 1 amide bonds. The second-order valence-electron chi connectivity index (χ2n) is 12.2. The summed E-state index contributed by atoms with van der Waals surface area (Å²) in [6, 6.07) is 3.70. The molecule has 0 aliphatic carbocycles. The van der Waals surface area contributed by atoms with E-state index in [1.807, 2.05) is 0 Å². The van der Waals surface area contributed by atoms with Crippen molar-refractivity contribution in [1.82, 2.24) is 14.1 Å². The lowest BCUT2D eigenvalue weighted by molar-refractivity contribution is -0.129. The van der Waals surface area contributed by atoms with Crippen LogP contribution in [0.1, 0.15) is 69.8 Å². The number of halogens is 2. The Kier molecular flexibility index (Phi) is 10.8. The summed E-state index contributed by atoms with van der Waals surface area (Å²) in [6.07, 6.45) is 6.78. The Hall–Kier alpha value is -1.63. The van der Waals surface area contributed by atoms with Crippen LogP contribution in [0.2, 0.25) is 0 Å². The van der Waals surface area contributed by atoms with Gasteiger partial charge in [-0.15, -0.1) is 0 Å². The van der Waals surface area contributed by atoms with Crippen LogP contribution in [0.4, 0.5) is 8.78 Å². The third-order valence-corrected chi connectivity index (χ3v) is 13.1. The molecule has 41 heavy (non-hydrogen) atoms. The normalized spacial score (nSPS) is 22.2. The maximum atomic E-state index is 14.1. The Morgan fingerprint density at radius 1 is 0.878 bits per heavy atom. The molecule has 0 N–H and O–H groups in total. The molecule has 1 aromatic rings. The maximum Gasteiger partial charge on any atom is 0.219 e. The van der Waals surface area contributed by atoms with Crippen molar-refractivity contribution in [3.05, 3.63) is 35.4 Å². The Morgan fingerprint density at radius 3 is 2.00 bits per heavy atom. The summed E-state index contributed by atoms with van der Waals surface area (Å²) in [5.41, 5.74) is 0.634. The van der Waals surface area contributed by atoms with Gasteiger partial charge in [0.15, 0.2) is 9.84 Å². The number of carbonyl (C=O) groups is 1. The topological polar surface area (TPSA) is 95.1 Å². The average Bonchev–Trinajstić information content (AvgIpc) is 2.92. The Morgan fingerprint density at radius 2 is 1.46 bits per heavy atom. The van der Waals surface area contributed by atoms with Crippen molar-refractivity contribution < 1.29 is 30.4 Å². The number of carbonyl (C=O) groups excluding carboxylic acids is 1. The summed E-state index contributed by atoms with van der Waals surface area (Å²) in [5.74, 6) is -0.580. The molecular formula is C29H45F2N3O5S2. The van der Waals surface area contributed by atoms with E-state index in [1.54, 1.807) is 4.90 Å². The number of amides is 1. The van der Waals surface area contributed by atoms with Crippen molar-refractivity contribution in [1.29, 1.82) is 0 Å². The van der Waals surface area contributed by atoms with Crippen LogP contribution in [0.15, 0.2) is 18.2 Å². The molecule has 12 heteroatoms. The van der Waals surface area contributed by atoms with Crippen molar-refractivity contribution in [2.45, 2.75) is 69.5 Å². The number of likely N-dealkylation sites (tertiary alicyclic amines) is 2. The number of hydrogen-bond acceptors (Lipinski definition) is 6. The second-order valence-corrected chi connectivity index (χ2v) is 16.6. The lowest BCUT2D eigenvalue weighted by Crippen LogP contribution is -2.42. The van der Waals surface area contributed by atoms with Crippen LogP contribution in [0.5, 0.6) is 0 Å². The highest BCUT2D eigenvalue weighted by atomic mass is 32.2. The Bertz CT molecular complexity index is 1230. The van der Waals surface area contributed by atoms with E-state index in [-0.39, 0.29) is 28.7 Å². The molecule has 8 nitrogen and oxygen atoms in total. The van der Waals surface area contributed by atoms with Crippen LogP contribution in [0.3, 0.4) is 0 Å². The number of nitrogens with zero attached hydrogens (tertiary/aromatic N) is 3. The van der Waals surface area contributed by atoms with Crippen LogP contribution < -0.4 is 0 Å². The van der Waals surface area contributed by atoms with Gasteiger partial charge in [0.1, 0.15) is 11.6 Å². The minimum atomic E-state index is -3.26. The van der Waals surface area contributed by atoms with Crippen molar-refractivity contribution in [2.75, 3.05) is 57.8 Å². The molecule has 0 bridgehead atoms. The highest BCUT2D eigenvalue weighted by Gasteiger charge is 2.33. The van der Waals surface area contributed by atoms with Crippen LogP contribution in [-0.2, 0) is 24.7 Å². The molecule has 0 radical (unpaired) electrons. The highest BCUT2D eigenvalue weighted by Crippen LogP contribution is 2.37. The van der Waals surface area contributed by atoms with Gasteiger partial charge in [-0.2, -0.15) is 0 Å². The summed E-state index contributed by atoms with van der Waals surface area (Å²) >= 11 is 0. The molecule has 3 heterocycles. The van der Waals surface area contributed by atoms with Gasteiger partial charge in [0.2, 0.25) is 15.9 Å². The first kappa shape index (κ1) is 32.3. The minimum absolute atomic E-state index is 0.000597. The molecule has 232 valence electrons. The van der Waals surface area contributed by atoms with Gasteiger partial charge in [-0.1, -0.05) is 0 Å². The second kappa shape index (κ2) is 13.8. The number of piperidine rings is 3. The van der Waals surface area contributed by atoms with E-state index >= 15 is 0 Å². The molecule has 3 aliphatic heterocycles. The fraction of sp³-hybridized carbons (Fsp3) is 0.759. The van der Waals surface area contributed by atoms with Crippen molar-refractivity contribution >= 4 is 25.8 Å². The van der Waals surface area contributed by atoms with Gasteiger partial charge in [-0.25, -0.2) is 29.9 Å². The van der Waals surface area contributed by atoms with Crippen molar-refractivity contribution in [3.8, 4) is 0 Å². The predicted molar refractivity (Wildman–Crippen MR) is 156 cm³/mol. The first-order valence-electron chi connectivity index (χ1n) is 14.9. The fourth-order valence-corrected chi connectivity index (χ4v) is 9.72. The smallest absolute Gasteiger partial charge is 0.219 e. The molecule has 3 saturated heterocycles. The van der Waals surface area contributed by atoms with Gasteiger partial charge in [0.05, 0.1) is 17.3 Å². The third kappa shape index (κ3) is 8.93. The molecule has 0 spiro atoms. The van der Waals surface area contributed by atoms with E-state index < -0.39 is 31.5 Å². The Balaban J connectivity index is 1.27. The monoisotopic (exact) mass is 617 g/mol. The lowest BCUT2D eigenvalue weighted by atomic mass is 9.78. The first-order chi connectivity index (χ1) is 19.3. The number of hydrogen-bond donors (Lipinski definition) is 0. The minimum Gasteiger partial charge on any atom is -0.343 e. The third-order valence-electron chi connectivity index (χ3n) is 9.52. The van der Waals surface area contributed by atoms with E-state index in [0.29, 0.717) is 69.8 Å². The zero-order chi connectivity index (χ0) is 29.8. The molecule has 1 aromatic carbocycles. The maximum absolute atomic E-state index is 14.1. The quantitative estimate of drug-likeness (QED) is 0.398. The first-order valence-corrected chi connectivity index (χ1v) is 18.5. The van der Waals surface area contributed by atoms with Crippen molar-refractivity contribution in [3.63, 3.8) is 0 Å². The fourth-order valence-electron chi connectivity index (χ4n) is 6.92. The molecule has 3 fully saturated rings. The van der Waals surface area contributed by atoms with Gasteiger partial charge in [0.25, 0.3) is 0 Å². The largest absolute Gasteiger partial charge is 0.343 e. The number of sulfonamides is 1. The molecule has 0 unspecified atom stereocenters. The molecule has 0 saturated carbocycles. The van der Waals surface area contributed by atoms with E-state index in [4.69, 9.17) is 0 Å². The van der Waals surface area contributed by atoms with Gasteiger partial charge in [0, 0.05) is 39.2 Å². The van der Waals surface area contributed by atoms with Gasteiger partial charge in [-0.05, 0) is 106 Å². The SMILES string of the molecule is CC(=O)N1CCC(S(=O)(=O)CCC2CCN(CC[C@@H](c3cc(F)cc(F)c3)C3CCN(S(C)(=O)=O)CC3)CC2)CC1. The molecule has 1 atom stereocenters. The summed E-state index contributed by atoms with van der Waals surface area (Å²) in [4.78, 5) is 15.6. The number of benzene rings is 1. The van der Waals surface area contributed by atoms with Crippen LogP contribution in [0, 0.1) is 23.5 Å². The van der Waals surface area contributed by atoms with Crippen molar-refractivity contribution in [2.24, 2.45) is 11.8 Å². The summed E-state index contributed by atoms with van der Waals surface area (Å²) in [6.45, 7) is 5.87. The zero-order valence-electron chi connectivity index (χ0n) is 24.3. The summed E-state index contributed by atoms with van der Waals surface area (Å²) < 4.78 is 79.6. The van der Waals surface area contributed by atoms with E-state index in [9.17, 15) is 30.4 Å². The molecule has 0 aromatic heterocycles. The molecule has 3 aliphatic rings. The van der Waals surface area contributed by atoms with Gasteiger partial charge >= 0.3 is 0 Å². The van der Waals surface area contributed by atoms with Gasteiger partial charge in [-0.3, -0.25) is 4.79 Å². The molecule has 4 rings (SSSR count). The molecular weight excluding hydrogens is 572 g/mol. The van der Waals surface area contributed by atoms with E-state index in [0.717, 1.165) is 45.0 Å². The highest BCUT2D eigenvalue weighted by molar-refractivity contribution is 7.92.